The van der Waals surface area contributed by atoms with Crippen LogP contribution in [0.4, 0.5) is 10.6 Å². The topological polar surface area (TPSA) is 143 Å². The highest BCUT2D eigenvalue weighted by atomic mass is 35.5. The third-order valence-electron chi connectivity index (χ3n) is 9.44. The number of nitrogens with two attached hydrogens (primary N) is 2. The lowest BCUT2D eigenvalue weighted by atomic mass is 9.52. The van der Waals surface area contributed by atoms with Gasteiger partial charge in [0, 0.05) is 56.5 Å². The summed E-state index contributed by atoms with van der Waals surface area (Å²) in [6, 6.07) is 11.2. The van der Waals surface area contributed by atoms with Gasteiger partial charge in [0.15, 0.2) is 0 Å². The van der Waals surface area contributed by atoms with Crippen LogP contribution >= 0.6 is 12.4 Å². The zero-order valence-corrected chi connectivity index (χ0v) is 27.5. The monoisotopic (exact) mass is 628 g/mol. The van der Waals surface area contributed by atoms with Gasteiger partial charge in [-0.1, -0.05) is 12.1 Å². The second-order valence-electron chi connectivity index (χ2n) is 13.9. The van der Waals surface area contributed by atoms with Crippen molar-refractivity contribution in [2.24, 2.45) is 16.9 Å². The van der Waals surface area contributed by atoms with Crippen molar-refractivity contribution in [2.75, 3.05) is 31.5 Å². The molecule has 1 aromatic carbocycles. The van der Waals surface area contributed by atoms with Crippen LogP contribution in [0.25, 0.3) is 5.69 Å². The number of aromatic nitrogens is 2. The molecular formula is C32H49ClN8O3. The minimum atomic E-state index is -0.948. The number of rotatable bonds is 8. The predicted octanol–water partition coefficient (Wildman–Crippen LogP) is 2.98. The van der Waals surface area contributed by atoms with E-state index in [9.17, 15) is 14.4 Å². The van der Waals surface area contributed by atoms with Crippen LogP contribution in [-0.4, -0.2) is 92.1 Å². The van der Waals surface area contributed by atoms with Crippen molar-refractivity contribution >= 4 is 30.2 Å². The van der Waals surface area contributed by atoms with Crippen molar-refractivity contribution in [3.63, 3.8) is 0 Å². The molecule has 1 spiro atoms. The van der Waals surface area contributed by atoms with Crippen molar-refractivity contribution in [2.45, 2.75) is 96.4 Å². The van der Waals surface area contributed by atoms with Gasteiger partial charge >= 0.3 is 11.7 Å². The first kappa shape index (κ1) is 33.9. The number of nitrogens with one attached hydrogen (secondary N) is 1. The molecule has 1 saturated heterocycles. The summed E-state index contributed by atoms with van der Waals surface area (Å²) in [4.78, 5) is 48.1. The Morgan fingerprint density at radius 3 is 2.14 bits per heavy atom. The van der Waals surface area contributed by atoms with Crippen molar-refractivity contribution in [3.05, 3.63) is 52.6 Å². The van der Waals surface area contributed by atoms with Crippen LogP contribution in [0.5, 0.6) is 0 Å². The maximum Gasteiger partial charge on any atom is 0.354 e. The Morgan fingerprint density at radius 1 is 1.02 bits per heavy atom. The van der Waals surface area contributed by atoms with E-state index in [0.717, 1.165) is 12.1 Å². The smallest absolute Gasteiger partial charge is 0.338 e. The van der Waals surface area contributed by atoms with Crippen molar-refractivity contribution in [1.29, 1.82) is 0 Å². The SMILES string of the molecule is CC(C)N(C(C)Cc1ccc(-n2ccc(NC(=O)N3CCN(C(=O)C(C)(C)N)CC3)nc2=O)cc1)C1CC2(CC(N)C2)C1.Cl. The third-order valence-corrected chi connectivity index (χ3v) is 9.44. The molecule has 12 heteroatoms. The zero-order chi connectivity index (χ0) is 31.1. The number of urea groups is 1. The lowest BCUT2D eigenvalue weighted by Crippen LogP contribution is -2.62. The summed E-state index contributed by atoms with van der Waals surface area (Å²) in [7, 11) is 0. The van der Waals surface area contributed by atoms with Gasteiger partial charge in [-0.05, 0) is 95.9 Å². The molecule has 5 N–H and O–H groups in total. The summed E-state index contributed by atoms with van der Waals surface area (Å²) >= 11 is 0. The largest absolute Gasteiger partial charge is 0.354 e. The normalized spacial score (nSPS) is 24.0. The van der Waals surface area contributed by atoms with E-state index >= 15 is 0 Å². The van der Waals surface area contributed by atoms with E-state index < -0.39 is 11.2 Å². The first-order valence-electron chi connectivity index (χ1n) is 15.6. The van der Waals surface area contributed by atoms with E-state index in [-0.39, 0.29) is 30.2 Å². The van der Waals surface area contributed by atoms with Crippen LogP contribution in [0.15, 0.2) is 41.3 Å². The standard InChI is InChI=1S/C32H48N8O3.ClH/c1-21(2)40(26-19-32(20-26)17-24(33)18-32)22(3)16-23-6-8-25(9-7-23)39-11-10-27(36-30(39)43)35-29(42)38-14-12-37(13-15-38)28(41)31(4,5)34;/h6-11,21-22,24,26H,12-20,33-34H2,1-5H3,(H,35,36,42,43);1H. The van der Waals surface area contributed by atoms with E-state index in [1.54, 1.807) is 35.9 Å². The minimum Gasteiger partial charge on any atom is -0.338 e. The molecule has 0 radical (unpaired) electrons. The number of carbonyl (C=O) groups excluding carboxylic acids is 2. The molecule has 1 unspecified atom stereocenters. The van der Waals surface area contributed by atoms with Gasteiger partial charge in [-0.25, -0.2) is 9.59 Å². The van der Waals surface area contributed by atoms with Crippen LogP contribution in [0.3, 0.4) is 0 Å². The summed E-state index contributed by atoms with van der Waals surface area (Å²) in [5.41, 5.74) is 13.0. The predicted molar refractivity (Wildman–Crippen MR) is 175 cm³/mol. The Kier molecular flexibility index (Phi) is 10.1. The molecule has 3 fully saturated rings. The molecule has 11 nitrogen and oxygen atoms in total. The Bertz CT molecular complexity index is 1370. The van der Waals surface area contributed by atoms with E-state index in [1.807, 2.05) is 12.1 Å². The number of hydrogen-bond donors (Lipinski definition) is 3. The average molecular weight is 629 g/mol. The molecule has 0 bridgehead atoms. The molecular weight excluding hydrogens is 580 g/mol. The molecule has 2 aromatic rings. The molecule has 1 aliphatic heterocycles. The highest BCUT2D eigenvalue weighted by Crippen LogP contribution is 2.57. The molecule has 3 aliphatic rings. The molecule has 242 valence electrons. The van der Waals surface area contributed by atoms with Crippen molar-refractivity contribution in [3.8, 4) is 5.69 Å². The summed E-state index contributed by atoms with van der Waals surface area (Å²) in [5.74, 6) is 0.0490. The number of carbonyl (C=O) groups is 2. The summed E-state index contributed by atoms with van der Waals surface area (Å²) < 4.78 is 1.47. The zero-order valence-electron chi connectivity index (χ0n) is 26.7. The van der Waals surface area contributed by atoms with Gasteiger partial charge in [0.2, 0.25) is 5.91 Å². The van der Waals surface area contributed by atoms with E-state index in [4.69, 9.17) is 11.5 Å². The minimum absolute atomic E-state index is 0. The highest BCUT2D eigenvalue weighted by Gasteiger charge is 2.53. The van der Waals surface area contributed by atoms with E-state index in [0.29, 0.717) is 55.8 Å². The first-order valence-corrected chi connectivity index (χ1v) is 15.6. The Labute approximate surface area is 266 Å². The molecule has 2 aliphatic carbocycles. The van der Waals surface area contributed by atoms with Crippen LogP contribution in [0, 0.1) is 5.41 Å². The third kappa shape index (κ3) is 7.28. The van der Waals surface area contributed by atoms with Gasteiger partial charge in [0.1, 0.15) is 5.82 Å². The summed E-state index contributed by atoms with van der Waals surface area (Å²) in [6.07, 6.45) is 7.45. The average Bonchev–Trinajstić information content (AvgIpc) is 2.90. The van der Waals surface area contributed by atoms with Gasteiger partial charge in [-0.15, -0.1) is 12.4 Å². The van der Waals surface area contributed by atoms with E-state index in [2.05, 4.69) is 48.1 Å². The number of nitrogens with zero attached hydrogens (tertiary/aromatic N) is 5. The molecule has 2 heterocycles. The lowest BCUT2D eigenvalue weighted by Gasteiger charge is -2.61. The maximum absolute atomic E-state index is 12.9. The molecule has 1 aromatic heterocycles. The molecule has 44 heavy (non-hydrogen) atoms. The second kappa shape index (κ2) is 13.2. The fourth-order valence-corrected chi connectivity index (χ4v) is 7.44. The molecule has 3 amide bonds. The first-order chi connectivity index (χ1) is 20.2. The van der Waals surface area contributed by atoms with Crippen LogP contribution in [-0.2, 0) is 11.2 Å². The number of piperazine rings is 1. The van der Waals surface area contributed by atoms with Crippen LogP contribution in [0.2, 0.25) is 0 Å². The van der Waals surface area contributed by atoms with Crippen LogP contribution in [0.1, 0.15) is 65.9 Å². The van der Waals surface area contributed by atoms with Gasteiger partial charge < -0.3 is 21.3 Å². The summed E-state index contributed by atoms with van der Waals surface area (Å²) in [6.45, 7) is 11.8. The van der Waals surface area contributed by atoms with Crippen LogP contribution < -0.4 is 22.5 Å². The van der Waals surface area contributed by atoms with Crippen molar-refractivity contribution in [1.82, 2.24) is 24.3 Å². The van der Waals surface area contributed by atoms with E-state index in [1.165, 1.54) is 35.8 Å². The van der Waals surface area contributed by atoms with Gasteiger partial charge in [-0.2, -0.15) is 4.98 Å². The number of amides is 3. The summed E-state index contributed by atoms with van der Waals surface area (Å²) in [5, 5.41) is 2.71. The molecule has 2 saturated carbocycles. The number of benzene rings is 1. The lowest BCUT2D eigenvalue weighted by molar-refractivity contribution is -0.137. The van der Waals surface area contributed by atoms with Gasteiger partial charge in [0.25, 0.3) is 0 Å². The quantitative estimate of drug-likeness (QED) is 0.408. The Morgan fingerprint density at radius 2 is 1.61 bits per heavy atom. The molecule has 5 rings (SSSR count). The van der Waals surface area contributed by atoms with Gasteiger partial charge in [-0.3, -0.25) is 19.6 Å². The highest BCUT2D eigenvalue weighted by molar-refractivity contribution is 5.89. The van der Waals surface area contributed by atoms with Gasteiger partial charge in [0.05, 0.1) is 11.2 Å². The molecule has 1 atom stereocenters. The number of hydrogen-bond acceptors (Lipinski definition) is 7. The van der Waals surface area contributed by atoms with Crippen molar-refractivity contribution < 1.29 is 9.59 Å². The number of halogens is 1. The number of anilines is 1. The fraction of sp³-hybridized carbons (Fsp3) is 0.625. The fourth-order valence-electron chi connectivity index (χ4n) is 7.44. The Hall–Kier alpha value is -2.99. The second-order valence-corrected chi connectivity index (χ2v) is 13.9. The Balaban J connectivity index is 0.00000442. The maximum atomic E-state index is 12.9.